The summed E-state index contributed by atoms with van der Waals surface area (Å²) in [5.41, 5.74) is 1.58. The van der Waals surface area contributed by atoms with Crippen LogP contribution < -0.4 is 9.04 Å². The minimum atomic E-state index is -3.72. The van der Waals surface area contributed by atoms with Crippen molar-refractivity contribution in [3.05, 3.63) is 95.0 Å². The van der Waals surface area contributed by atoms with Crippen molar-refractivity contribution in [1.82, 2.24) is 0 Å². The molecule has 3 rings (SSSR count). The van der Waals surface area contributed by atoms with Gasteiger partial charge in [-0.3, -0.25) is 4.31 Å². The minimum absolute atomic E-state index is 0.208. The maximum Gasteiger partial charge on any atom is 0.264 e. The van der Waals surface area contributed by atoms with Gasteiger partial charge in [-0.15, -0.1) is 0 Å². The standard InChI is InChI=1S/C22H20BrNO3S/c1-27-21-13-11-20(12-14-21)24(17-5-8-18-6-3-2-4-7-18)28(25,26)22-15-9-19(23)10-16-22/h2-16H,17H2,1H3/b8-5+. The van der Waals surface area contributed by atoms with E-state index in [0.29, 0.717) is 11.4 Å². The third kappa shape index (κ3) is 4.82. The molecule has 0 bridgehead atoms. The van der Waals surface area contributed by atoms with Gasteiger partial charge >= 0.3 is 0 Å². The second-order valence-electron chi connectivity index (χ2n) is 6.00. The van der Waals surface area contributed by atoms with Crippen molar-refractivity contribution in [2.24, 2.45) is 0 Å². The number of ether oxygens (including phenoxy) is 1. The second-order valence-corrected chi connectivity index (χ2v) is 8.78. The highest BCUT2D eigenvalue weighted by Gasteiger charge is 2.24. The molecule has 3 aromatic carbocycles. The zero-order chi connectivity index (χ0) is 20.0. The van der Waals surface area contributed by atoms with Crippen molar-refractivity contribution in [2.75, 3.05) is 18.0 Å². The average molecular weight is 458 g/mol. The molecule has 4 nitrogen and oxygen atoms in total. The van der Waals surface area contributed by atoms with E-state index >= 15 is 0 Å². The van der Waals surface area contributed by atoms with Crippen LogP contribution in [0.3, 0.4) is 0 Å². The van der Waals surface area contributed by atoms with E-state index in [-0.39, 0.29) is 11.4 Å². The molecule has 0 spiro atoms. The van der Waals surface area contributed by atoms with Crippen LogP contribution in [0.4, 0.5) is 5.69 Å². The molecule has 0 amide bonds. The van der Waals surface area contributed by atoms with Gasteiger partial charge in [0.15, 0.2) is 0 Å². The normalized spacial score (nSPS) is 11.5. The number of anilines is 1. The van der Waals surface area contributed by atoms with E-state index < -0.39 is 10.0 Å². The van der Waals surface area contributed by atoms with Crippen molar-refractivity contribution >= 4 is 37.7 Å². The van der Waals surface area contributed by atoms with Crippen LogP contribution in [0.15, 0.2) is 94.3 Å². The topological polar surface area (TPSA) is 46.6 Å². The van der Waals surface area contributed by atoms with E-state index in [4.69, 9.17) is 4.74 Å². The molecular weight excluding hydrogens is 438 g/mol. The Morgan fingerprint density at radius 3 is 2.18 bits per heavy atom. The summed E-state index contributed by atoms with van der Waals surface area (Å²) in [7, 11) is -2.15. The molecule has 144 valence electrons. The third-order valence-electron chi connectivity index (χ3n) is 4.14. The summed E-state index contributed by atoms with van der Waals surface area (Å²) in [5, 5.41) is 0. The van der Waals surface area contributed by atoms with Gasteiger partial charge in [0.2, 0.25) is 0 Å². The van der Waals surface area contributed by atoms with Crippen LogP contribution in [0.2, 0.25) is 0 Å². The second kappa shape index (κ2) is 9.08. The number of nitrogens with zero attached hydrogens (tertiary/aromatic N) is 1. The third-order valence-corrected chi connectivity index (χ3v) is 6.48. The van der Waals surface area contributed by atoms with Gasteiger partial charge in [0.05, 0.1) is 24.2 Å². The van der Waals surface area contributed by atoms with Gasteiger partial charge in [0.1, 0.15) is 5.75 Å². The first-order valence-electron chi connectivity index (χ1n) is 8.64. The molecule has 0 saturated carbocycles. The van der Waals surface area contributed by atoms with Gasteiger partial charge in [-0.2, -0.15) is 0 Å². The first-order chi connectivity index (χ1) is 13.5. The molecule has 0 aromatic heterocycles. The number of hydrogen-bond donors (Lipinski definition) is 0. The number of methoxy groups -OCH3 is 1. The molecule has 6 heteroatoms. The summed E-state index contributed by atoms with van der Waals surface area (Å²) in [6.45, 7) is 0.208. The molecule has 0 unspecified atom stereocenters. The molecule has 0 heterocycles. The number of rotatable bonds is 7. The predicted octanol–water partition coefficient (Wildman–Crippen LogP) is 5.37. The number of benzene rings is 3. The summed E-state index contributed by atoms with van der Waals surface area (Å²) in [5.74, 6) is 0.671. The van der Waals surface area contributed by atoms with Crippen LogP contribution in [0, 0.1) is 0 Å². The van der Waals surface area contributed by atoms with E-state index in [2.05, 4.69) is 15.9 Å². The number of sulfonamides is 1. The molecule has 0 aliphatic rings. The lowest BCUT2D eigenvalue weighted by molar-refractivity contribution is 0.415. The fraction of sp³-hybridized carbons (Fsp3) is 0.0909. The molecule has 0 saturated heterocycles. The van der Waals surface area contributed by atoms with E-state index in [1.54, 1.807) is 55.6 Å². The zero-order valence-corrected chi connectivity index (χ0v) is 17.7. The zero-order valence-electron chi connectivity index (χ0n) is 15.3. The smallest absolute Gasteiger partial charge is 0.264 e. The fourth-order valence-corrected chi connectivity index (χ4v) is 4.35. The molecule has 0 atom stereocenters. The van der Waals surface area contributed by atoms with E-state index in [1.807, 2.05) is 42.5 Å². The lowest BCUT2D eigenvalue weighted by Crippen LogP contribution is -2.31. The fourth-order valence-electron chi connectivity index (χ4n) is 2.67. The monoisotopic (exact) mass is 457 g/mol. The average Bonchev–Trinajstić information content (AvgIpc) is 2.72. The van der Waals surface area contributed by atoms with E-state index in [1.165, 1.54) is 4.31 Å². The van der Waals surface area contributed by atoms with Crippen LogP contribution in [0.1, 0.15) is 5.56 Å². The molecule has 0 fully saturated rings. The molecule has 28 heavy (non-hydrogen) atoms. The van der Waals surface area contributed by atoms with Gasteiger partial charge in [-0.05, 0) is 54.1 Å². The predicted molar refractivity (Wildman–Crippen MR) is 117 cm³/mol. The largest absolute Gasteiger partial charge is 0.497 e. The maximum atomic E-state index is 13.3. The highest BCUT2D eigenvalue weighted by molar-refractivity contribution is 9.10. The Balaban J connectivity index is 1.95. The minimum Gasteiger partial charge on any atom is -0.497 e. The Kier molecular flexibility index (Phi) is 6.54. The van der Waals surface area contributed by atoms with Crippen molar-refractivity contribution in [3.8, 4) is 5.75 Å². The molecule has 0 aliphatic carbocycles. The van der Waals surface area contributed by atoms with Crippen molar-refractivity contribution in [1.29, 1.82) is 0 Å². The Morgan fingerprint density at radius 2 is 1.57 bits per heavy atom. The lowest BCUT2D eigenvalue weighted by atomic mass is 10.2. The van der Waals surface area contributed by atoms with Crippen molar-refractivity contribution in [2.45, 2.75) is 4.90 Å². The summed E-state index contributed by atoms with van der Waals surface area (Å²) in [6.07, 6.45) is 3.75. The lowest BCUT2D eigenvalue weighted by Gasteiger charge is -2.23. The Morgan fingerprint density at radius 1 is 0.929 bits per heavy atom. The Bertz CT molecular complexity index is 1030. The van der Waals surface area contributed by atoms with E-state index in [0.717, 1.165) is 10.0 Å². The summed E-state index contributed by atoms with van der Waals surface area (Å²) in [6, 6.07) is 23.4. The van der Waals surface area contributed by atoms with Crippen LogP contribution >= 0.6 is 15.9 Å². The SMILES string of the molecule is COc1ccc(N(C/C=C/c2ccccc2)S(=O)(=O)c2ccc(Br)cc2)cc1. The molecule has 3 aromatic rings. The van der Waals surface area contributed by atoms with Crippen LogP contribution in [0.5, 0.6) is 5.75 Å². The van der Waals surface area contributed by atoms with Gasteiger partial charge in [-0.1, -0.05) is 58.4 Å². The van der Waals surface area contributed by atoms with Gasteiger partial charge in [-0.25, -0.2) is 8.42 Å². The van der Waals surface area contributed by atoms with Crippen molar-refractivity contribution < 1.29 is 13.2 Å². The highest BCUT2D eigenvalue weighted by Crippen LogP contribution is 2.26. The van der Waals surface area contributed by atoms with E-state index in [9.17, 15) is 8.42 Å². The van der Waals surface area contributed by atoms with Gasteiger partial charge in [0, 0.05) is 4.47 Å². The summed E-state index contributed by atoms with van der Waals surface area (Å²) in [4.78, 5) is 0.236. The van der Waals surface area contributed by atoms with Crippen LogP contribution in [-0.4, -0.2) is 22.1 Å². The summed E-state index contributed by atoms with van der Waals surface area (Å²) < 4.78 is 34.0. The molecule has 0 radical (unpaired) electrons. The maximum absolute atomic E-state index is 13.3. The Labute approximate surface area is 174 Å². The number of halogens is 1. The summed E-state index contributed by atoms with van der Waals surface area (Å²) >= 11 is 3.34. The molecule has 0 aliphatic heterocycles. The van der Waals surface area contributed by atoms with Crippen LogP contribution in [0.25, 0.3) is 6.08 Å². The molecular formula is C22H20BrNO3S. The first-order valence-corrected chi connectivity index (χ1v) is 10.9. The number of hydrogen-bond acceptors (Lipinski definition) is 3. The van der Waals surface area contributed by atoms with Crippen LogP contribution in [-0.2, 0) is 10.0 Å². The van der Waals surface area contributed by atoms with Crippen molar-refractivity contribution in [3.63, 3.8) is 0 Å². The van der Waals surface area contributed by atoms with Gasteiger partial charge < -0.3 is 4.74 Å². The quantitative estimate of drug-likeness (QED) is 0.479. The van der Waals surface area contributed by atoms with Gasteiger partial charge in [0.25, 0.3) is 10.0 Å². The molecule has 0 N–H and O–H groups in total. The highest BCUT2D eigenvalue weighted by atomic mass is 79.9. The first kappa shape index (κ1) is 20.2. The Hall–Kier alpha value is -2.57.